The lowest BCUT2D eigenvalue weighted by atomic mass is 9.70. The van der Waals surface area contributed by atoms with Crippen molar-refractivity contribution in [3.8, 4) is 0 Å². The van der Waals surface area contributed by atoms with E-state index in [9.17, 15) is 0 Å². The molecule has 0 heterocycles. The van der Waals surface area contributed by atoms with Gasteiger partial charge in [-0.3, -0.25) is 0 Å². The minimum atomic E-state index is 0.752. The molecule has 74 valence electrons. The maximum atomic E-state index is 3.65. The molecule has 0 bridgehead atoms. The third kappa shape index (κ3) is 2.74. The Labute approximate surface area is 82.7 Å². The molecule has 1 rings (SSSR count). The molecule has 0 heteroatoms. The summed E-state index contributed by atoms with van der Waals surface area (Å²) in [6, 6.07) is 0. The van der Waals surface area contributed by atoms with Gasteiger partial charge in [0.1, 0.15) is 0 Å². The van der Waals surface area contributed by atoms with Gasteiger partial charge in [-0.05, 0) is 49.0 Å². The van der Waals surface area contributed by atoms with E-state index >= 15 is 0 Å². The molecule has 1 aliphatic rings. The predicted octanol–water partition coefficient (Wildman–Crippen LogP) is 4.04. The molecule has 0 aliphatic heterocycles. The van der Waals surface area contributed by atoms with Crippen LogP contribution in [0.2, 0.25) is 0 Å². The first-order chi connectivity index (χ1) is 6.15. The highest BCUT2D eigenvalue weighted by Crippen LogP contribution is 2.37. The highest BCUT2D eigenvalue weighted by molar-refractivity contribution is 4.90. The topological polar surface area (TPSA) is 0 Å². The molecule has 0 saturated heterocycles. The number of rotatable bonds is 2. The van der Waals surface area contributed by atoms with E-state index in [4.69, 9.17) is 0 Å². The van der Waals surface area contributed by atoms with Gasteiger partial charge in [-0.15, -0.1) is 5.73 Å². The molecule has 0 nitrogen and oxygen atoms in total. The van der Waals surface area contributed by atoms with Crippen LogP contribution in [0.5, 0.6) is 0 Å². The second-order valence-corrected chi connectivity index (χ2v) is 4.83. The van der Waals surface area contributed by atoms with Crippen LogP contribution in [0.3, 0.4) is 0 Å². The molecule has 1 aliphatic carbocycles. The molecule has 1 fully saturated rings. The first-order valence-electron chi connectivity index (χ1n) is 5.51. The van der Waals surface area contributed by atoms with Crippen LogP contribution in [0.4, 0.5) is 0 Å². The van der Waals surface area contributed by atoms with Crippen molar-refractivity contribution in [2.45, 2.75) is 40.0 Å². The summed E-state index contributed by atoms with van der Waals surface area (Å²) in [6.45, 7) is 10.8. The molecule has 0 spiro atoms. The fourth-order valence-corrected chi connectivity index (χ4v) is 2.77. The van der Waals surface area contributed by atoms with Crippen molar-refractivity contribution in [1.29, 1.82) is 0 Å². The van der Waals surface area contributed by atoms with Crippen LogP contribution in [0.15, 0.2) is 18.4 Å². The Hall–Kier alpha value is -0.480. The molecule has 1 saturated carbocycles. The van der Waals surface area contributed by atoms with E-state index in [2.05, 4.69) is 39.2 Å². The van der Waals surface area contributed by atoms with Crippen LogP contribution >= 0.6 is 0 Å². The highest BCUT2D eigenvalue weighted by atomic mass is 14.3. The van der Waals surface area contributed by atoms with Gasteiger partial charge in [0.05, 0.1) is 0 Å². The summed E-state index contributed by atoms with van der Waals surface area (Å²) >= 11 is 0. The van der Waals surface area contributed by atoms with Crippen LogP contribution < -0.4 is 0 Å². The lowest BCUT2D eigenvalue weighted by Gasteiger charge is -2.35. The largest absolute Gasteiger partial charge is 0.133 e. The zero-order valence-corrected chi connectivity index (χ0v) is 9.22. The van der Waals surface area contributed by atoms with Crippen molar-refractivity contribution < 1.29 is 0 Å². The van der Waals surface area contributed by atoms with Crippen molar-refractivity contribution in [2.75, 3.05) is 0 Å². The number of hydrogen-bond acceptors (Lipinski definition) is 0. The van der Waals surface area contributed by atoms with E-state index in [1.165, 1.54) is 19.3 Å². The number of hydrogen-bond donors (Lipinski definition) is 0. The first-order valence-corrected chi connectivity index (χ1v) is 5.51. The predicted molar refractivity (Wildman–Crippen MR) is 58.5 cm³/mol. The number of allylic oxidation sites excluding steroid dienone is 1. The molecule has 3 unspecified atom stereocenters. The Morgan fingerprint density at radius 1 is 1.38 bits per heavy atom. The molecule has 0 aromatic heterocycles. The molecule has 0 aromatic rings. The Balaban J connectivity index is 2.51. The van der Waals surface area contributed by atoms with Crippen molar-refractivity contribution in [2.24, 2.45) is 23.7 Å². The summed E-state index contributed by atoms with van der Waals surface area (Å²) in [7, 11) is 0. The summed E-state index contributed by atoms with van der Waals surface area (Å²) in [5, 5.41) is 0. The van der Waals surface area contributed by atoms with Crippen molar-refractivity contribution in [1.82, 2.24) is 0 Å². The Morgan fingerprint density at radius 2 is 2.08 bits per heavy atom. The third-order valence-corrected chi connectivity index (χ3v) is 3.49. The van der Waals surface area contributed by atoms with Gasteiger partial charge in [0, 0.05) is 0 Å². The monoisotopic (exact) mass is 178 g/mol. The van der Waals surface area contributed by atoms with Gasteiger partial charge in [0.15, 0.2) is 0 Å². The summed E-state index contributed by atoms with van der Waals surface area (Å²) in [4.78, 5) is 0. The minimum Gasteiger partial charge on any atom is -0.133 e. The van der Waals surface area contributed by atoms with E-state index in [1.54, 1.807) is 0 Å². The van der Waals surface area contributed by atoms with Gasteiger partial charge in [-0.1, -0.05) is 27.4 Å². The fraction of sp³-hybridized carbons (Fsp3) is 0.769. The summed E-state index contributed by atoms with van der Waals surface area (Å²) in [5.41, 5.74) is 2.93. The van der Waals surface area contributed by atoms with E-state index < -0.39 is 0 Å². The van der Waals surface area contributed by atoms with E-state index in [0.717, 1.165) is 23.7 Å². The van der Waals surface area contributed by atoms with Gasteiger partial charge in [-0.25, -0.2) is 0 Å². The maximum Gasteiger partial charge on any atom is -0.0155 e. The van der Waals surface area contributed by atoms with Gasteiger partial charge in [0.2, 0.25) is 0 Å². The highest BCUT2D eigenvalue weighted by Gasteiger charge is 2.27. The van der Waals surface area contributed by atoms with Crippen LogP contribution in [-0.2, 0) is 0 Å². The average Bonchev–Trinajstić information content (AvgIpc) is 2.04. The van der Waals surface area contributed by atoms with Gasteiger partial charge in [0.25, 0.3) is 0 Å². The molecule has 13 heavy (non-hydrogen) atoms. The summed E-state index contributed by atoms with van der Waals surface area (Å²) in [6.07, 6.45) is 6.23. The van der Waals surface area contributed by atoms with Crippen LogP contribution in [0.1, 0.15) is 40.0 Å². The molecule has 0 aromatic carbocycles. The maximum absolute atomic E-state index is 3.65. The molecule has 3 atom stereocenters. The average molecular weight is 178 g/mol. The van der Waals surface area contributed by atoms with Gasteiger partial charge < -0.3 is 0 Å². The van der Waals surface area contributed by atoms with Crippen molar-refractivity contribution in [3.63, 3.8) is 0 Å². The Morgan fingerprint density at radius 3 is 2.54 bits per heavy atom. The third-order valence-electron chi connectivity index (χ3n) is 3.49. The lowest BCUT2D eigenvalue weighted by Crippen LogP contribution is -2.25. The summed E-state index contributed by atoms with van der Waals surface area (Å²) in [5.74, 6) is 3.42. The van der Waals surface area contributed by atoms with E-state index in [0.29, 0.717) is 0 Å². The first kappa shape index (κ1) is 10.6. The quantitative estimate of drug-likeness (QED) is 0.560. The van der Waals surface area contributed by atoms with Crippen molar-refractivity contribution in [3.05, 3.63) is 18.4 Å². The second-order valence-electron chi connectivity index (χ2n) is 4.83. The van der Waals surface area contributed by atoms with Gasteiger partial charge >= 0.3 is 0 Å². The van der Waals surface area contributed by atoms with E-state index in [1.807, 2.05) is 0 Å². The lowest BCUT2D eigenvalue weighted by molar-refractivity contribution is 0.169. The molecule has 0 radical (unpaired) electrons. The molecule has 0 amide bonds. The Kier molecular flexibility index (Phi) is 3.81. The van der Waals surface area contributed by atoms with Crippen molar-refractivity contribution >= 4 is 0 Å². The molecule has 0 N–H and O–H groups in total. The van der Waals surface area contributed by atoms with Crippen LogP contribution in [0.25, 0.3) is 0 Å². The zero-order valence-electron chi connectivity index (χ0n) is 9.22. The second kappa shape index (κ2) is 4.67. The van der Waals surface area contributed by atoms with Crippen LogP contribution in [-0.4, -0.2) is 0 Å². The normalized spacial score (nSPS) is 34.3. The standard InChI is InChI=1S/C13H22/c1-5-6-12-7-8-13(10(2)3)11(4)9-12/h6,10-13H,1,7-9H2,2-4H3. The fourth-order valence-electron chi connectivity index (χ4n) is 2.77. The summed E-state index contributed by atoms with van der Waals surface area (Å²) < 4.78 is 0. The molecular weight excluding hydrogens is 156 g/mol. The minimum absolute atomic E-state index is 0.752. The SMILES string of the molecule is C=C=CC1CCC(C(C)C)C(C)C1. The molecular formula is C13H22. The van der Waals surface area contributed by atoms with Gasteiger partial charge in [-0.2, -0.15) is 0 Å². The smallest absolute Gasteiger partial charge is 0.0155 e. The van der Waals surface area contributed by atoms with E-state index in [-0.39, 0.29) is 0 Å². The zero-order chi connectivity index (χ0) is 9.84. The van der Waals surface area contributed by atoms with Crippen LogP contribution in [0, 0.1) is 23.7 Å². The Bertz CT molecular complexity index is 196.